The highest BCUT2D eigenvalue weighted by atomic mass is 16.3. The zero-order valence-electron chi connectivity index (χ0n) is 5.34. The number of aldehydes is 1. The first-order valence-corrected chi connectivity index (χ1v) is 2.81. The third kappa shape index (κ3) is 2.40. The van der Waals surface area contributed by atoms with Crippen molar-refractivity contribution in [1.29, 1.82) is 0 Å². The maximum absolute atomic E-state index is 9.84. The fraction of sp³-hybridized carbons (Fsp3) is 0.800. The second-order valence-electron chi connectivity index (χ2n) is 1.95. The summed E-state index contributed by atoms with van der Waals surface area (Å²) >= 11 is 0. The van der Waals surface area contributed by atoms with Gasteiger partial charge in [-0.2, -0.15) is 0 Å². The topological polar surface area (TPSA) is 104 Å². The first-order valence-electron chi connectivity index (χ1n) is 2.81. The lowest BCUT2D eigenvalue weighted by molar-refractivity contribution is -0.117. The normalized spacial score (nSPS) is 19.6. The van der Waals surface area contributed by atoms with Gasteiger partial charge in [0, 0.05) is 0 Å². The summed E-state index contributed by atoms with van der Waals surface area (Å²) in [7, 11) is 0. The molecule has 0 saturated heterocycles. The summed E-state index contributed by atoms with van der Waals surface area (Å²) in [6.07, 6.45) is -2.45. The fourth-order valence-corrected chi connectivity index (χ4v) is 0.440. The number of hydrogen-bond acceptors (Lipinski definition) is 5. The van der Waals surface area contributed by atoms with Gasteiger partial charge in [-0.05, 0) is 0 Å². The molecule has 0 aliphatic rings. The molecule has 0 fully saturated rings. The average molecular weight is 149 g/mol. The zero-order valence-corrected chi connectivity index (χ0v) is 5.34. The highest BCUT2D eigenvalue weighted by molar-refractivity contribution is 5.57. The molecule has 0 spiro atoms. The van der Waals surface area contributed by atoms with Crippen molar-refractivity contribution in [1.82, 2.24) is 0 Å². The van der Waals surface area contributed by atoms with Crippen LogP contribution in [0.1, 0.15) is 0 Å². The van der Waals surface area contributed by atoms with Crippen molar-refractivity contribution in [3.05, 3.63) is 0 Å². The Morgan fingerprint density at radius 1 is 1.50 bits per heavy atom. The van der Waals surface area contributed by atoms with Gasteiger partial charge in [0.05, 0.1) is 18.8 Å². The van der Waals surface area contributed by atoms with E-state index in [2.05, 4.69) is 0 Å². The van der Waals surface area contributed by atoms with Crippen LogP contribution in [0.5, 0.6) is 0 Å². The standard InChI is InChI=1S/C5H11NO4/c6-5(3(9)1-7)4(10)2-8/h1,3-5,8-10H,2,6H2/t3-,4+,5+/m0/s1. The highest BCUT2D eigenvalue weighted by Crippen LogP contribution is 1.93. The molecule has 60 valence electrons. The molecular weight excluding hydrogens is 138 g/mol. The van der Waals surface area contributed by atoms with Gasteiger partial charge in [-0.1, -0.05) is 0 Å². The van der Waals surface area contributed by atoms with Crippen molar-refractivity contribution in [2.45, 2.75) is 18.2 Å². The number of aliphatic hydroxyl groups is 3. The molecule has 0 radical (unpaired) electrons. The molecule has 0 heterocycles. The van der Waals surface area contributed by atoms with Crippen LogP contribution in [0.4, 0.5) is 0 Å². The zero-order chi connectivity index (χ0) is 8.15. The van der Waals surface area contributed by atoms with Crippen LogP contribution in [0.3, 0.4) is 0 Å². The van der Waals surface area contributed by atoms with E-state index < -0.39 is 24.9 Å². The first kappa shape index (κ1) is 9.51. The van der Waals surface area contributed by atoms with Crippen LogP contribution in [0.2, 0.25) is 0 Å². The van der Waals surface area contributed by atoms with Gasteiger partial charge in [0.15, 0.2) is 0 Å². The Kier molecular flexibility index (Phi) is 4.13. The summed E-state index contributed by atoms with van der Waals surface area (Å²) in [5.74, 6) is 0. The smallest absolute Gasteiger partial charge is 0.150 e. The predicted octanol–water partition coefficient (Wildman–Crippen LogP) is -2.77. The monoisotopic (exact) mass is 149 g/mol. The first-order chi connectivity index (χ1) is 4.63. The van der Waals surface area contributed by atoms with Crippen molar-refractivity contribution >= 4 is 6.29 Å². The van der Waals surface area contributed by atoms with E-state index in [1.807, 2.05) is 0 Å². The second-order valence-corrected chi connectivity index (χ2v) is 1.95. The van der Waals surface area contributed by atoms with Gasteiger partial charge in [0.25, 0.3) is 0 Å². The van der Waals surface area contributed by atoms with E-state index >= 15 is 0 Å². The van der Waals surface area contributed by atoms with E-state index in [1.165, 1.54) is 0 Å². The van der Waals surface area contributed by atoms with Crippen LogP contribution >= 0.6 is 0 Å². The molecule has 0 aromatic carbocycles. The lowest BCUT2D eigenvalue weighted by atomic mass is 10.1. The second kappa shape index (κ2) is 4.35. The number of hydrogen-bond donors (Lipinski definition) is 4. The molecule has 3 atom stereocenters. The Hall–Kier alpha value is -0.490. The molecule has 0 amide bonds. The van der Waals surface area contributed by atoms with Gasteiger partial charge < -0.3 is 25.8 Å². The maximum Gasteiger partial charge on any atom is 0.150 e. The van der Waals surface area contributed by atoms with Gasteiger partial charge in [-0.15, -0.1) is 0 Å². The van der Waals surface area contributed by atoms with Crippen LogP contribution in [0.15, 0.2) is 0 Å². The molecule has 5 nitrogen and oxygen atoms in total. The molecule has 0 saturated carbocycles. The van der Waals surface area contributed by atoms with Crippen LogP contribution in [0.25, 0.3) is 0 Å². The molecule has 10 heavy (non-hydrogen) atoms. The molecule has 0 aromatic rings. The van der Waals surface area contributed by atoms with Crippen molar-refractivity contribution in [2.24, 2.45) is 5.73 Å². The molecule has 0 aliphatic carbocycles. The molecule has 0 bridgehead atoms. The summed E-state index contributed by atoms with van der Waals surface area (Å²) in [5.41, 5.74) is 5.09. The summed E-state index contributed by atoms with van der Waals surface area (Å²) in [6, 6.07) is -1.11. The number of carbonyl (C=O) groups excluding carboxylic acids is 1. The molecule has 0 aromatic heterocycles. The number of aliphatic hydroxyl groups excluding tert-OH is 3. The van der Waals surface area contributed by atoms with Crippen molar-refractivity contribution in [3.63, 3.8) is 0 Å². The Bertz CT molecular complexity index is 108. The minimum atomic E-state index is -1.41. The van der Waals surface area contributed by atoms with Crippen LogP contribution in [-0.4, -0.2) is 46.5 Å². The average Bonchev–Trinajstić information content (AvgIpc) is 2.00. The molecule has 0 aliphatic heterocycles. The third-order valence-electron chi connectivity index (χ3n) is 1.17. The van der Waals surface area contributed by atoms with Crippen LogP contribution in [0, 0.1) is 0 Å². The Labute approximate surface area is 58.1 Å². The summed E-state index contributed by atoms with van der Waals surface area (Å²) < 4.78 is 0. The van der Waals surface area contributed by atoms with Gasteiger partial charge in [0.1, 0.15) is 12.4 Å². The van der Waals surface area contributed by atoms with Crippen molar-refractivity contribution in [3.8, 4) is 0 Å². The quantitative estimate of drug-likeness (QED) is 0.324. The Morgan fingerprint density at radius 2 is 2.00 bits per heavy atom. The summed E-state index contributed by atoms with van der Waals surface area (Å²) in [4.78, 5) is 9.84. The van der Waals surface area contributed by atoms with E-state index in [0.29, 0.717) is 0 Å². The molecule has 5 heteroatoms. The minimum Gasteiger partial charge on any atom is -0.394 e. The number of carbonyl (C=O) groups is 1. The Morgan fingerprint density at radius 3 is 2.30 bits per heavy atom. The van der Waals surface area contributed by atoms with E-state index in [1.54, 1.807) is 0 Å². The van der Waals surface area contributed by atoms with Crippen molar-refractivity contribution < 1.29 is 20.1 Å². The Balaban J connectivity index is 3.80. The van der Waals surface area contributed by atoms with Gasteiger partial charge in [-0.3, -0.25) is 0 Å². The minimum absolute atomic E-state index is 0.212. The third-order valence-corrected chi connectivity index (χ3v) is 1.17. The largest absolute Gasteiger partial charge is 0.394 e. The van der Waals surface area contributed by atoms with Gasteiger partial charge in [0.2, 0.25) is 0 Å². The van der Waals surface area contributed by atoms with Gasteiger partial charge in [-0.25, -0.2) is 0 Å². The summed E-state index contributed by atoms with van der Waals surface area (Å²) in [5, 5.41) is 25.7. The van der Waals surface area contributed by atoms with Crippen LogP contribution < -0.4 is 5.73 Å². The molecule has 5 N–H and O–H groups in total. The molecule has 0 unspecified atom stereocenters. The lowest BCUT2D eigenvalue weighted by Gasteiger charge is -2.17. The molecular formula is C5H11NO4. The van der Waals surface area contributed by atoms with Crippen molar-refractivity contribution in [2.75, 3.05) is 6.61 Å². The number of nitrogens with two attached hydrogens (primary N) is 1. The lowest BCUT2D eigenvalue weighted by Crippen LogP contribution is -2.47. The van der Waals surface area contributed by atoms with E-state index in [0.717, 1.165) is 0 Å². The van der Waals surface area contributed by atoms with E-state index in [9.17, 15) is 4.79 Å². The van der Waals surface area contributed by atoms with Crippen LogP contribution in [-0.2, 0) is 4.79 Å². The van der Waals surface area contributed by atoms with Gasteiger partial charge >= 0.3 is 0 Å². The van der Waals surface area contributed by atoms with E-state index in [-0.39, 0.29) is 6.29 Å². The predicted molar refractivity (Wildman–Crippen MR) is 33.1 cm³/mol. The maximum atomic E-state index is 9.84. The SMILES string of the molecule is N[C@@H]([C@H](O)CO)[C@@H](O)C=O. The fourth-order valence-electron chi connectivity index (χ4n) is 0.440. The van der Waals surface area contributed by atoms with E-state index in [4.69, 9.17) is 21.1 Å². The highest BCUT2D eigenvalue weighted by Gasteiger charge is 2.21. The number of rotatable bonds is 4. The molecule has 0 rings (SSSR count). The summed E-state index contributed by atoms with van der Waals surface area (Å²) in [6.45, 7) is -0.563.